The number of ether oxygens (including phenoxy) is 1. The minimum atomic E-state index is -4.51. The Morgan fingerprint density at radius 2 is 2.00 bits per heavy atom. The number of halogens is 4. The molecule has 0 aliphatic carbocycles. The van der Waals surface area contributed by atoms with Gasteiger partial charge in [-0.25, -0.2) is 0 Å². The largest absolute Gasteiger partial charge is 0.489 e. The number of amides is 1. The molecule has 0 spiro atoms. The van der Waals surface area contributed by atoms with Crippen LogP contribution in [-0.4, -0.2) is 16.8 Å². The predicted molar refractivity (Wildman–Crippen MR) is 117 cm³/mol. The predicted octanol–water partition coefficient (Wildman–Crippen LogP) is 6.44. The lowest BCUT2D eigenvalue weighted by molar-refractivity contribution is -0.137. The van der Waals surface area contributed by atoms with Gasteiger partial charge in [-0.15, -0.1) is 0 Å². The van der Waals surface area contributed by atoms with Crippen LogP contribution in [0.5, 0.6) is 5.75 Å². The zero-order chi connectivity index (χ0) is 21.2. The van der Waals surface area contributed by atoms with Gasteiger partial charge in [-0.3, -0.25) is 9.69 Å². The molecule has 0 atom stereocenters. The van der Waals surface area contributed by atoms with Gasteiger partial charge in [-0.05, 0) is 42.5 Å². The van der Waals surface area contributed by atoms with Gasteiger partial charge in [0.1, 0.15) is 12.4 Å². The maximum absolute atomic E-state index is 13.0. The fourth-order valence-corrected chi connectivity index (χ4v) is 4.23. The van der Waals surface area contributed by atoms with Crippen molar-refractivity contribution >= 4 is 61.9 Å². The lowest BCUT2D eigenvalue weighted by Gasteiger charge is -2.16. The quantitative estimate of drug-likeness (QED) is 0.269. The van der Waals surface area contributed by atoms with Gasteiger partial charge < -0.3 is 4.74 Å². The van der Waals surface area contributed by atoms with E-state index in [-0.39, 0.29) is 21.5 Å². The summed E-state index contributed by atoms with van der Waals surface area (Å²) in [5.74, 6) is 0.0476. The molecule has 0 aromatic heterocycles. The molecule has 1 saturated heterocycles. The lowest BCUT2D eigenvalue weighted by Crippen LogP contribution is -2.27. The standard InChI is InChI=1S/C20H13BrF3NO2S2/c1-2-8-27-16-7-6-14(21)9-12(16)10-17-18(26)25(19(28)29-17)15-5-3-4-13(11-15)20(22,23)24/h2-7,9-11H,1,8H2/b17-10-. The van der Waals surface area contributed by atoms with Crippen LogP contribution >= 0.6 is 39.9 Å². The third kappa shape index (κ3) is 4.91. The molecule has 0 radical (unpaired) electrons. The molecule has 0 bridgehead atoms. The summed E-state index contributed by atoms with van der Waals surface area (Å²) in [6.45, 7) is 3.89. The second kappa shape index (κ2) is 8.73. The summed E-state index contributed by atoms with van der Waals surface area (Å²) in [5, 5.41) is 0. The molecule has 9 heteroatoms. The van der Waals surface area contributed by atoms with Crippen LogP contribution in [0.15, 0.2) is 64.5 Å². The summed E-state index contributed by atoms with van der Waals surface area (Å²) >= 11 is 9.65. The Balaban J connectivity index is 1.96. The Morgan fingerprint density at radius 1 is 1.24 bits per heavy atom. The molecule has 1 aliphatic heterocycles. The van der Waals surface area contributed by atoms with E-state index in [0.29, 0.717) is 11.3 Å². The summed E-state index contributed by atoms with van der Waals surface area (Å²) < 4.78 is 45.6. The molecular formula is C20H13BrF3NO2S2. The fourth-order valence-electron chi connectivity index (χ4n) is 2.57. The second-order valence-electron chi connectivity index (χ2n) is 5.85. The molecule has 2 aromatic carbocycles. The second-order valence-corrected chi connectivity index (χ2v) is 8.44. The van der Waals surface area contributed by atoms with Gasteiger partial charge in [0.05, 0.1) is 16.2 Å². The number of hydrogen-bond donors (Lipinski definition) is 0. The summed E-state index contributed by atoms with van der Waals surface area (Å²) in [6.07, 6.45) is -1.31. The summed E-state index contributed by atoms with van der Waals surface area (Å²) in [6, 6.07) is 9.83. The van der Waals surface area contributed by atoms with Gasteiger partial charge >= 0.3 is 6.18 Å². The fraction of sp³-hybridized carbons (Fsp3) is 0.100. The summed E-state index contributed by atoms with van der Waals surface area (Å²) in [5.41, 5.74) is -0.144. The monoisotopic (exact) mass is 499 g/mol. The zero-order valence-electron chi connectivity index (χ0n) is 14.7. The zero-order valence-corrected chi connectivity index (χ0v) is 17.9. The van der Waals surface area contributed by atoms with Crippen molar-refractivity contribution in [3.05, 3.63) is 75.6 Å². The number of thiocarbonyl (C=S) groups is 1. The summed E-state index contributed by atoms with van der Waals surface area (Å²) in [4.78, 5) is 14.3. The highest BCUT2D eigenvalue weighted by atomic mass is 79.9. The molecule has 3 nitrogen and oxygen atoms in total. The number of carbonyl (C=O) groups is 1. The molecular weight excluding hydrogens is 487 g/mol. The smallest absolute Gasteiger partial charge is 0.416 e. The van der Waals surface area contributed by atoms with E-state index in [9.17, 15) is 18.0 Å². The van der Waals surface area contributed by atoms with Gasteiger partial charge in [-0.2, -0.15) is 13.2 Å². The normalized spacial score (nSPS) is 15.9. The maximum atomic E-state index is 13.0. The minimum Gasteiger partial charge on any atom is -0.489 e. The highest BCUT2D eigenvalue weighted by Gasteiger charge is 2.36. The molecule has 3 rings (SSSR count). The lowest BCUT2D eigenvalue weighted by atomic mass is 10.1. The molecule has 1 amide bonds. The molecule has 1 aliphatic rings. The van der Waals surface area contributed by atoms with Crippen molar-refractivity contribution in [1.29, 1.82) is 0 Å². The topological polar surface area (TPSA) is 29.5 Å². The summed E-state index contributed by atoms with van der Waals surface area (Å²) in [7, 11) is 0. The van der Waals surface area contributed by atoms with Crippen LogP contribution in [0.25, 0.3) is 6.08 Å². The van der Waals surface area contributed by atoms with Gasteiger partial charge in [0.25, 0.3) is 5.91 Å². The van der Waals surface area contributed by atoms with Crippen LogP contribution in [0.4, 0.5) is 18.9 Å². The van der Waals surface area contributed by atoms with E-state index in [1.807, 2.05) is 0 Å². The highest BCUT2D eigenvalue weighted by molar-refractivity contribution is 9.10. The number of carbonyl (C=O) groups excluding carboxylic acids is 1. The van der Waals surface area contributed by atoms with E-state index in [0.717, 1.165) is 33.3 Å². The van der Waals surface area contributed by atoms with Crippen molar-refractivity contribution in [2.75, 3.05) is 11.5 Å². The molecule has 0 unspecified atom stereocenters. The van der Waals surface area contributed by atoms with Crippen LogP contribution in [0.1, 0.15) is 11.1 Å². The van der Waals surface area contributed by atoms with Crippen LogP contribution in [-0.2, 0) is 11.0 Å². The molecule has 0 N–H and O–H groups in total. The number of anilines is 1. The van der Waals surface area contributed by atoms with Crippen molar-refractivity contribution in [2.45, 2.75) is 6.18 Å². The molecule has 0 saturated carbocycles. The van der Waals surface area contributed by atoms with Gasteiger partial charge in [0.2, 0.25) is 0 Å². The van der Waals surface area contributed by atoms with Gasteiger partial charge in [0, 0.05) is 10.0 Å². The molecule has 2 aromatic rings. The Morgan fingerprint density at radius 3 is 2.69 bits per heavy atom. The van der Waals surface area contributed by atoms with Crippen molar-refractivity contribution < 1.29 is 22.7 Å². The van der Waals surface area contributed by atoms with E-state index >= 15 is 0 Å². The number of benzene rings is 2. The van der Waals surface area contributed by atoms with Crippen molar-refractivity contribution in [1.82, 2.24) is 0 Å². The van der Waals surface area contributed by atoms with E-state index in [2.05, 4.69) is 22.5 Å². The number of hydrogen-bond acceptors (Lipinski definition) is 4. The first-order chi connectivity index (χ1) is 13.7. The maximum Gasteiger partial charge on any atom is 0.416 e. The van der Waals surface area contributed by atoms with Gasteiger partial charge in [-0.1, -0.05) is 58.6 Å². The van der Waals surface area contributed by atoms with Crippen LogP contribution < -0.4 is 9.64 Å². The van der Waals surface area contributed by atoms with E-state index < -0.39 is 17.6 Å². The van der Waals surface area contributed by atoms with Crippen molar-refractivity contribution in [2.24, 2.45) is 0 Å². The number of rotatable bonds is 5. The Labute approximate surface area is 183 Å². The number of thioether (sulfide) groups is 1. The molecule has 1 heterocycles. The van der Waals surface area contributed by atoms with Crippen molar-refractivity contribution in [3.8, 4) is 5.75 Å². The molecule has 29 heavy (non-hydrogen) atoms. The average molecular weight is 500 g/mol. The Hall–Kier alpha value is -2.10. The number of nitrogens with zero attached hydrogens (tertiary/aromatic N) is 1. The third-order valence-electron chi connectivity index (χ3n) is 3.84. The first-order valence-corrected chi connectivity index (χ1v) is 10.2. The first-order valence-electron chi connectivity index (χ1n) is 8.19. The van der Waals surface area contributed by atoms with E-state index in [1.165, 1.54) is 12.1 Å². The average Bonchev–Trinajstić information content (AvgIpc) is 2.94. The van der Waals surface area contributed by atoms with Crippen LogP contribution in [0, 0.1) is 0 Å². The van der Waals surface area contributed by atoms with Crippen molar-refractivity contribution in [3.63, 3.8) is 0 Å². The van der Waals surface area contributed by atoms with Crippen LogP contribution in [0.2, 0.25) is 0 Å². The number of alkyl halides is 3. The van der Waals surface area contributed by atoms with Crippen LogP contribution in [0.3, 0.4) is 0 Å². The highest BCUT2D eigenvalue weighted by Crippen LogP contribution is 2.39. The molecule has 150 valence electrons. The Bertz CT molecular complexity index is 1020. The van der Waals surface area contributed by atoms with E-state index in [4.69, 9.17) is 17.0 Å². The first kappa shape index (κ1) is 21.6. The SMILES string of the molecule is C=CCOc1ccc(Br)cc1/C=C1\SC(=S)N(c2cccc(C(F)(F)F)c2)C1=O. The van der Waals surface area contributed by atoms with Gasteiger partial charge in [0.15, 0.2) is 4.32 Å². The molecule has 1 fully saturated rings. The van der Waals surface area contributed by atoms with E-state index in [1.54, 1.807) is 30.4 Å². The Kier molecular flexibility index (Phi) is 6.50. The third-order valence-corrected chi connectivity index (χ3v) is 5.64. The minimum absolute atomic E-state index is 0.0723.